The predicted octanol–water partition coefficient (Wildman–Crippen LogP) is 4.19. The average molecular weight is 253 g/mol. The van der Waals surface area contributed by atoms with Crippen LogP contribution >= 0.6 is 34.8 Å². The van der Waals surface area contributed by atoms with E-state index >= 15 is 0 Å². The Morgan fingerprint density at radius 3 is 1.08 bits per heavy atom. The van der Waals surface area contributed by atoms with Gasteiger partial charge in [-0.05, 0) is 6.92 Å². The molecule has 0 aromatic rings. The topological polar surface area (TPSA) is 0 Å². The van der Waals surface area contributed by atoms with Crippen LogP contribution in [0.2, 0.25) is 0 Å². The molecule has 0 rings (SSSR count). The van der Waals surface area contributed by atoms with Crippen LogP contribution in [0, 0.1) is 0 Å². The molecule has 0 atom stereocenters. The number of halogens is 8. The van der Waals surface area contributed by atoms with Gasteiger partial charge in [-0.3, -0.25) is 0 Å². The second-order valence-electron chi connectivity index (χ2n) is 1.51. The van der Waals surface area contributed by atoms with Crippen molar-refractivity contribution in [2.24, 2.45) is 0 Å². The van der Waals surface area contributed by atoms with E-state index in [1.807, 2.05) is 0 Å². The van der Waals surface area contributed by atoms with E-state index in [0.717, 1.165) is 6.92 Å². The van der Waals surface area contributed by atoms with Gasteiger partial charge in [0.25, 0.3) is 3.79 Å². The highest BCUT2D eigenvalue weighted by atomic mass is 35.6. The highest BCUT2D eigenvalue weighted by molar-refractivity contribution is 6.68. The normalized spacial score (nSPS) is 12.5. The van der Waals surface area contributed by atoms with E-state index < -0.39 is 16.4 Å². The van der Waals surface area contributed by atoms with Gasteiger partial charge in [0.1, 0.15) is 0 Å². The van der Waals surface area contributed by atoms with Crippen LogP contribution in [0.5, 0.6) is 0 Å². The molecule has 0 aliphatic rings. The fourth-order valence-corrected chi connectivity index (χ4v) is 0. The van der Waals surface area contributed by atoms with Gasteiger partial charge in [0.05, 0.1) is 0 Å². The largest absolute Gasteiger partial charge is 0.435 e. The first-order valence-corrected chi connectivity index (χ1v) is 3.53. The second kappa shape index (κ2) is 5.29. The third kappa shape index (κ3) is 10.5. The quantitative estimate of drug-likeness (QED) is 0.448. The van der Waals surface area contributed by atoms with Crippen molar-refractivity contribution in [2.45, 2.75) is 23.3 Å². The summed E-state index contributed by atoms with van der Waals surface area (Å²) in [6, 6.07) is 0. The van der Waals surface area contributed by atoms with E-state index in [2.05, 4.69) is 34.8 Å². The molecule has 0 aliphatic heterocycles. The van der Waals surface area contributed by atoms with Crippen LogP contribution < -0.4 is 0 Å². The lowest BCUT2D eigenvalue weighted by Crippen LogP contribution is -2.27. The zero-order chi connectivity index (χ0) is 10.6. The molecular formula is C4H4Cl3F5. The molecule has 0 nitrogen and oxygen atoms in total. The second-order valence-corrected chi connectivity index (χ2v) is 3.80. The monoisotopic (exact) mass is 252 g/mol. The maximum absolute atomic E-state index is 11.2. The van der Waals surface area contributed by atoms with Gasteiger partial charge in [0, 0.05) is 0 Å². The smallest absolute Gasteiger partial charge is 0.211 e. The van der Waals surface area contributed by atoms with E-state index in [0.29, 0.717) is 0 Å². The first-order valence-electron chi connectivity index (χ1n) is 2.40. The van der Waals surface area contributed by atoms with E-state index in [1.165, 1.54) is 0 Å². The van der Waals surface area contributed by atoms with Crippen LogP contribution in [0.1, 0.15) is 6.92 Å². The Bertz CT molecular complexity index is 100. The molecule has 76 valence electrons. The van der Waals surface area contributed by atoms with Gasteiger partial charge in [-0.2, -0.15) is 13.2 Å². The van der Waals surface area contributed by atoms with Crippen molar-refractivity contribution in [3.63, 3.8) is 0 Å². The molecule has 0 radical (unpaired) electrons. The van der Waals surface area contributed by atoms with Crippen molar-refractivity contribution in [2.75, 3.05) is 0 Å². The third-order valence-electron chi connectivity index (χ3n) is 0.321. The first kappa shape index (κ1) is 15.0. The summed E-state index contributed by atoms with van der Waals surface area (Å²) in [5, 5.41) is 0. The summed E-state index contributed by atoms with van der Waals surface area (Å²) in [6.07, 6.45) is -6.93. The van der Waals surface area contributed by atoms with Crippen molar-refractivity contribution in [1.29, 1.82) is 0 Å². The molecular weight excluding hydrogens is 249 g/mol. The Kier molecular flexibility index (Phi) is 6.62. The molecule has 0 unspecified atom stereocenters. The standard InChI is InChI=1S/C2Cl3F3.C2H4F2/c3-1(4,5)2(6,7)8;1-2(3)4/h;2H,1H3. The summed E-state index contributed by atoms with van der Waals surface area (Å²) in [4.78, 5) is 0. The Morgan fingerprint density at radius 1 is 1.00 bits per heavy atom. The average Bonchev–Trinajstić information content (AvgIpc) is 1.55. The lowest BCUT2D eigenvalue weighted by molar-refractivity contribution is -0.124. The van der Waals surface area contributed by atoms with Crippen LogP contribution in [-0.2, 0) is 0 Å². The van der Waals surface area contributed by atoms with Crippen LogP contribution in [0.4, 0.5) is 22.0 Å². The number of rotatable bonds is 0. The summed E-state index contributed by atoms with van der Waals surface area (Å²) >= 11 is 13.2. The molecule has 0 spiro atoms. The summed E-state index contributed by atoms with van der Waals surface area (Å²) in [6.45, 7) is 0.833. The molecule has 8 heteroatoms. The molecule has 0 saturated heterocycles. The van der Waals surface area contributed by atoms with Crippen molar-refractivity contribution in [1.82, 2.24) is 0 Å². The van der Waals surface area contributed by atoms with Crippen LogP contribution in [0.15, 0.2) is 0 Å². The molecule has 0 aromatic carbocycles. The molecule has 0 fully saturated rings. The summed E-state index contributed by atoms with van der Waals surface area (Å²) in [5.74, 6) is 0. The van der Waals surface area contributed by atoms with Gasteiger partial charge in [-0.15, -0.1) is 0 Å². The summed E-state index contributed by atoms with van der Waals surface area (Å²) in [7, 11) is 0. The molecule has 0 N–H and O–H groups in total. The van der Waals surface area contributed by atoms with Crippen molar-refractivity contribution in [3.8, 4) is 0 Å². The van der Waals surface area contributed by atoms with Gasteiger partial charge in [0.15, 0.2) is 0 Å². The van der Waals surface area contributed by atoms with Crippen LogP contribution in [0.3, 0.4) is 0 Å². The highest BCUT2D eigenvalue weighted by Crippen LogP contribution is 2.42. The van der Waals surface area contributed by atoms with E-state index in [-0.39, 0.29) is 0 Å². The fourth-order valence-electron chi connectivity index (χ4n) is 0. The van der Waals surface area contributed by atoms with Crippen LogP contribution in [0.25, 0.3) is 0 Å². The number of hydrogen-bond donors (Lipinski definition) is 0. The van der Waals surface area contributed by atoms with Gasteiger partial charge in [0.2, 0.25) is 6.43 Å². The Morgan fingerprint density at radius 2 is 1.08 bits per heavy atom. The Labute approximate surface area is 80.6 Å². The number of hydrogen-bond acceptors (Lipinski definition) is 0. The highest BCUT2D eigenvalue weighted by Gasteiger charge is 2.51. The minimum absolute atomic E-state index is 0.833. The van der Waals surface area contributed by atoms with Gasteiger partial charge >= 0.3 is 6.18 Å². The molecule has 0 aromatic heterocycles. The lowest BCUT2D eigenvalue weighted by Gasteiger charge is -2.13. The van der Waals surface area contributed by atoms with Crippen LogP contribution in [-0.4, -0.2) is 16.4 Å². The predicted molar refractivity (Wildman–Crippen MR) is 38.0 cm³/mol. The molecule has 0 aliphatic carbocycles. The molecule has 0 saturated carbocycles. The number of alkyl halides is 8. The SMILES string of the molecule is CC(F)F.FC(F)(F)C(Cl)(Cl)Cl. The minimum Gasteiger partial charge on any atom is -0.211 e. The van der Waals surface area contributed by atoms with E-state index in [4.69, 9.17) is 0 Å². The van der Waals surface area contributed by atoms with Gasteiger partial charge in [-0.1, -0.05) is 34.8 Å². The third-order valence-corrected chi connectivity index (χ3v) is 0.964. The van der Waals surface area contributed by atoms with Crippen molar-refractivity contribution >= 4 is 34.8 Å². The molecule has 0 heterocycles. The maximum atomic E-state index is 11.2. The molecule has 12 heavy (non-hydrogen) atoms. The zero-order valence-corrected chi connectivity index (χ0v) is 7.87. The van der Waals surface area contributed by atoms with Gasteiger partial charge in [-0.25, -0.2) is 8.78 Å². The molecule has 0 amide bonds. The van der Waals surface area contributed by atoms with Crippen molar-refractivity contribution < 1.29 is 22.0 Å². The summed E-state index contributed by atoms with van der Waals surface area (Å²) < 4.78 is 51.0. The maximum Gasteiger partial charge on any atom is 0.435 e. The Balaban J connectivity index is 0. The first-order chi connectivity index (χ1) is 4.98. The van der Waals surface area contributed by atoms with Gasteiger partial charge < -0.3 is 0 Å². The summed E-state index contributed by atoms with van der Waals surface area (Å²) in [5.41, 5.74) is 0. The fraction of sp³-hybridized carbons (Fsp3) is 1.00. The molecule has 0 bridgehead atoms. The van der Waals surface area contributed by atoms with E-state index in [9.17, 15) is 22.0 Å². The van der Waals surface area contributed by atoms with E-state index in [1.54, 1.807) is 0 Å². The zero-order valence-electron chi connectivity index (χ0n) is 5.60. The lowest BCUT2D eigenvalue weighted by atomic mass is 10.8. The van der Waals surface area contributed by atoms with Crippen molar-refractivity contribution in [3.05, 3.63) is 0 Å². The minimum atomic E-state index is -4.77. The Hall–Kier alpha value is 0.520.